The van der Waals surface area contributed by atoms with Crippen molar-refractivity contribution in [3.63, 3.8) is 0 Å². The number of rotatable bonds is 4. The summed E-state index contributed by atoms with van der Waals surface area (Å²) in [4.78, 5) is 14.3. The Morgan fingerprint density at radius 2 is 2.00 bits per heavy atom. The normalized spacial score (nSPS) is 15.6. The zero-order chi connectivity index (χ0) is 14.7. The first-order valence-electron chi connectivity index (χ1n) is 7.42. The smallest absolute Gasteiger partial charge is 0.242 e. The Labute approximate surface area is 124 Å². The van der Waals surface area contributed by atoms with E-state index in [-0.39, 0.29) is 5.91 Å². The number of morpholine rings is 1. The van der Waals surface area contributed by atoms with Gasteiger partial charge in [-0.25, -0.2) is 0 Å². The molecule has 0 bridgehead atoms. The van der Waals surface area contributed by atoms with Crippen LogP contribution in [-0.2, 0) is 22.5 Å². The van der Waals surface area contributed by atoms with Crippen LogP contribution in [0.1, 0.15) is 5.56 Å². The lowest BCUT2D eigenvalue weighted by atomic mass is 10.1. The number of carbonyl (C=O) groups is 1. The molecule has 1 amide bonds. The van der Waals surface area contributed by atoms with Crippen molar-refractivity contribution >= 4 is 16.8 Å². The first kappa shape index (κ1) is 14.1. The summed E-state index contributed by atoms with van der Waals surface area (Å²) < 4.78 is 7.33. The van der Waals surface area contributed by atoms with Gasteiger partial charge in [-0.2, -0.15) is 0 Å². The number of hydrogen-bond donors (Lipinski definition) is 1. The van der Waals surface area contributed by atoms with E-state index >= 15 is 0 Å². The van der Waals surface area contributed by atoms with E-state index in [9.17, 15) is 4.79 Å². The minimum Gasteiger partial charge on any atom is -0.378 e. The van der Waals surface area contributed by atoms with Crippen molar-refractivity contribution in [1.82, 2.24) is 9.47 Å². The summed E-state index contributed by atoms with van der Waals surface area (Å²) in [5.41, 5.74) is 7.99. The molecule has 1 aliphatic rings. The summed E-state index contributed by atoms with van der Waals surface area (Å²) in [6, 6.07) is 8.18. The number of para-hydroxylation sites is 1. The number of fused-ring (bicyclic) bond motifs is 1. The summed E-state index contributed by atoms with van der Waals surface area (Å²) in [5, 5.41) is 1.19. The molecule has 1 aromatic heterocycles. The van der Waals surface area contributed by atoms with E-state index in [0.717, 1.165) is 11.9 Å². The predicted molar refractivity (Wildman–Crippen MR) is 82.1 cm³/mol. The summed E-state index contributed by atoms with van der Waals surface area (Å²) in [6.45, 7) is 3.64. The van der Waals surface area contributed by atoms with E-state index in [1.54, 1.807) is 0 Å². The number of aromatic nitrogens is 1. The monoisotopic (exact) mass is 287 g/mol. The molecule has 0 aliphatic carbocycles. The molecule has 3 rings (SSSR count). The third-order valence-electron chi connectivity index (χ3n) is 3.95. The Bertz CT molecular complexity index is 629. The molecule has 0 unspecified atom stereocenters. The molecule has 2 aromatic rings. The number of hydrogen-bond acceptors (Lipinski definition) is 3. The van der Waals surface area contributed by atoms with Gasteiger partial charge in [-0.05, 0) is 24.6 Å². The maximum Gasteiger partial charge on any atom is 0.242 e. The first-order chi connectivity index (χ1) is 10.3. The number of nitrogens with two attached hydrogens (primary N) is 1. The minimum absolute atomic E-state index is 0.151. The zero-order valence-corrected chi connectivity index (χ0v) is 12.1. The fraction of sp³-hybridized carbons (Fsp3) is 0.438. The average molecular weight is 287 g/mol. The second-order valence-electron chi connectivity index (χ2n) is 5.33. The van der Waals surface area contributed by atoms with Crippen LogP contribution < -0.4 is 5.73 Å². The molecule has 1 saturated heterocycles. The van der Waals surface area contributed by atoms with Crippen molar-refractivity contribution in [3.8, 4) is 0 Å². The van der Waals surface area contributed by atoms with Crippen LogP contribution in [0.5, 0.6) is 0 Å². The van der Waals surface area contributed by atoms with Crippen LogP contribution in [0, 0.1) is 0 Å². The third kappa shape index (κ3) is 2.94. The Kier molecular flexibility index (Phi) is 4.22. The molecule has 0 spiro atoms. The maximum absolute atomic E-state index is 12.4. The van der Waals surface area contributed by atoms with Crippen LogP contribution in [-0.4, -0.2) is 48.2 Å². The van der Waals surface area contributed by atoms with E-state index < -0.39 is 0 Å². The van der Waals surface area contributed by atoms with Gasteiger partial charge < -0.3 is 19.9 Å². The van der Waals surface area contributed by atoms with Gasteiger partial charge in [0, 0.05) is 30.2 Å². The molecular weight excluding hydrogens is 266 g/mol. The van der Waals surface area contributed by atoms with Crippen molar-refractivity contribution < 1.29 is 9.53 Å². The standard InChI is InChI=1S/C16H21N3O2/c17-6-5-13-11-19(15-4-2-1-3-14(13)15)12-16(20)18-7-9-21-10-8-18/h1-4,11H,5-10,12,17H2. The van der Waals surface area contributed by atoms with Crippen LogP contribution >= 0.6 is 0 Å². The lowest BCUT2D eigenvalue weighted by Crippen LogP contribution is -2.42. The topological polar surface area (TPSA) is 60.5 Å². The van der Waals surface area contributed by atoms with Gasteiger partial charge in [0.1, 0.15) is 6.54 Å². The van der Waals surface area contributed by atoms with Gasteiger partial charge in [0.05, 0.1) is 13.2 Å². The minimum atomic E-state index is 0.151. The number of benzene rings is 1. The quantitative estimate of drug-likeness (QED) is 0.912. The Hall–Kier alpha value is -1.85. The van der Waals surface area contributed by atoms with Crippen LogP contribution in [0.2, 0.25) is 0 Å². The molecule has 2 N–H and O–H groups in total. The first-order valence-corrected chi connectivity index (χ1v) is 7.42. The summed E-state index contributed by atoms with van der Waals surface area (Å²) >= 11 is 0. The molecule has 21 heavy (non-hydrogen) atoms. The Balaban J connectivity index is 1.84. The molecule has 112 valence electrons. The van der Waals surface area contributed by atoms with Crippen LogP contribution in [0.4, 0.5) is 0 Å². The predicted octanol–water partition coefficient (Wildman–Crippen LogP) is 1.00. The van der Waals surface area contributed by atoms with E-state index in [1.807, 2.05) is 21.6 Å². The van der Waals surface area contributed by atoms with Gasteiger partial charge in [-0.3, -0.25) is 4.79 Å². The molecule has 1 aromatic carbocycles. The molecule has 1 aliphatic heterocycles. The van der Waals surface area contributed by atoms with Crippen molar-refractivity contribution in [3.05, 3.63) is 36.0 Å². The largest absolute Gasteiger partial charge is 0.378 e. The molecule has 5 nitrogen and oxygen atoms in total. The Morgan fingerprint density at radius 1 is 1.24 bits per heavy atom. The van der Waals surface area contributed by atoms with E-state index in [4.69, 9.17) is 10.5 Å². The van der Waals surface area contributed by atoms with Crippen LogP contribution in [0.25, 0.3) is 10.9 Å². The number of carbonyl (C=O) groups excluding carboxylic acids is 1. The van der Waals surface area contributed by atoms with Gasteiger partial charge in [-0.1, -0.05) is 18.2 Å². The molecule has 0 radical (unpaired) electrons. The third-order valence-corrected chi connectivity index (χ3v) is 3.95. The lowest BCUT2D eigenvalue weighted by Gasteiger charge is -2.27. The van der Waals surface area contributed by atoms with Gasteiger partial charge in [0.15, 0.2) is 0 Å². The summed E-state index contributed by atoms with van der Waals surface area (Å²) in [6.07, 6.45) is 2.90. The number of nitrogens with zero attached hydrogens (tertiary/aromatic N) is 2. The SMILES string of the molecule is NCCc1cn(CC(=O)N2CCOCC2)c2ccccc12. The summed E-state index contributed by atoms with van der Waals surface area (Å²) in [7, 11) is 0. The highest BCUT2D eigenvalue weighted by atomic mass is 16.5. The van der Waals surface area contributed by atoms with Crippen LogP contribution in [0.15, 0.2) is 30.5 Å². The number of ether oxygens (including phenoxy) is 1. The highest BCUT2D eigenvalue weighted by molar-refractivity contribution is 5.86. The van der Waals surface area contributed by atoms with E-state index in [2.05, 4.69) is 18.3 Å². The molecular formula is C16H21N3O2. The van der Waals surface area contributed by atoms with Gasteiger partial charge >= 0.3 is 0 Å². The zero-order valence-electron chi connectivity index (χ0n) is 12.1. The second-order valence-corrected chi connectivity index (χ2v) is 5.33. The fourth-order valence-electron chi connectivity index (χ4n) is 2.87. The maximum atomic E-state index is 12.4. The summed E-state index contributed by atoms with van der Waals surface area (Å²) in [5.74, 6) is 0.151. The average Bonchev–Trinajstić information content (AvgIpc) is 2.87. The fourth-order valence-corrected chi connectivity index (χ4v) is 2.87. The van der Waals surface area contributed by atoms with Gasteiger partial charge in [-0.15, -0.1) is 0 Å². The lowest BCUT2D eigenvalue weighted by molar-refractivity contribution is -0.135. The highest BCUT2D eigenvalue weighted by Crippen LogP contribution is 2.21. The van der Waals surface area contributed by atoms with Crippen molar-refractivity contribution in [2.45, 2.75) is 13.0 Å². The van der Waals surface area contributed by atoms with Gasteiger partial charge in [0.25, 0.3) is 0 Å². The number of amides is 1. The molecule has 2 heterocycles. The van der Waals surface area contributed by atoms with Crippen molar-refractivity contribution in [1.29, 1.82) is 0 Å². The van der Waals surface area contributed by atoms with E-state index in [0.29, 0.717) is 39.4 Å². The van der Waals surface area contributed by atoms with E-state index in [1.165, 1.54) is 10.9 Å². The van der Waals surface area contributed by atoms with Crippen molar-refractivity contribution in [2.75, 3.05) is 32.8 Å². The van der Waals surface area contributed by atoms with Crippen molar-refractivity contribution in [2.24, 2.45) is 5.73 Å². The molecule has 0 saturated carbocycles. The molecule has 5 heteroatoms. The van der Waals surface area contributed by atoms with Crippen LogP contribution in [0.3, 0.4) is 0 Å². The molecule has 0 atom stereocenters. The second kappa shape index (κ2) is 6.28. The van der Waals surface area contributed by atoms with Gasteiger partial charge in [0.2, 0.25) is 5.91 Å². The Morgan fingerprint density at radius 3 is 2.76 bits per heavy atom. The molecule has 1 fully saturated rings. The highest BCUT2D eigenvalue weighted by Gasteiger charge is 2.18.